The molecular weight excluding hydrogens is 424 g/mol. The monoisotopic (exact) mass is 454 g/mol. The van der Waals surface area contributed by atoms with Crippen LogP contribution >= 0.6 is 0 Å². The van der Waals surface area contributed by atoms with Gasteiger partial charge in [0.2, 0.25) is 0 Å². The molecule has 0 atom stereocenters. The molecule has 1 aromatic rings. The highest BCUT2D eigenvalue weighted by atomic mass is 16.7. The molecule has 0 unspecified atom stereocenters. The number of hydrogen-bond donors (Lipinski definition) is 1. The molecule has 178 valence electrons. The smallest absolute Gasteiger partial charge is 0.431 e. The van der Waals surface area contributed by atoms with E-state index in [1.165, 1.54) is 0 Å². The number of amides is 3. The summed E-state index contributed by atoms with van der Waals surface area (Å²) in [6.45, 7) is 7.40. The van der Waals surface area contributed by atoms with Gasteiger partial charge in [-0.1, -0.05) is 12.1 Å². The molecule has 1 aromatic carbocycles. The third-order valence-corrected chi connectivity index (χ3v) is 3.83. The number of imide groups is 1. The van der Waals surface area contributed by atoms with Crippen LogP contribution in [0, 0.1) is 0 Å². The summed E-state index contributed by atoms with van der Waals surface area (Å²) >= 11 is 0. The summed E-state index contributed by atoms with van der Waals surface area (Å²) in [7, 11) is 0. The topological polar surface area (TPSA) is 122 Å². The molecule has 11 heteroatoms. The Morgan fingerprint density at radius 3 is 1.78 bits per heavy atom. The van der Waals surface area contributed by atoms with E-state index >= 15 is 0 Å². The van der Waals surface area contributed by atoms with Gasteiger partial charge in [-0.25, -0.2) is 4.79 Å². The lowest BCUT2D eigenvalue weighted by Gasteiger charge is -2.19. The van der Waals surface area contributed by atoms with Crippen molar-refractivity contribution in [3.63, 3.8) is 0 Å². The highest BCUT2D eigenvalue weighted by molar-refractivity contribution is 6.20. The maximum absolute atomic E-state index is 12.1. The van der Waals surface area contributed by atoms with Crippen molar-refractivity contribution in [2.24, 2.45) is 0 Å². The number of carbonyl (C=O) groups is 3. The second-order valence-electron chi connectivity index (χ2n) is 7.57. The first-order valence-corrected chi connectivity index (χ1v) is 10.2. The van der Waals surface area contributed by atoms with Gasteiger partial charge < -0.3 is 18.9 Å². The highest BCUT2D eigenvalue weighted by Gasteiger charge is 2.36. The van der Waals surface area contributed by atoms with Crippen molar-refractivity contribution >= 4 is 17.9 Å². The van der Waals surface area contributed by atoms with Crippen molar-refractivity contribution in [3.05, 3.63) is 35.4 Å². The molecule has 1 aliphatic heterocycles. The van der Waals surface area contributed by atoms with Crippen LogP contribution in [0.25, 0.3) is 0 Å². The molecule has 0 fully saturated rings. The molecule has 0 aliphatic carbocycles. The SMILES string of the molecule is CC(C)(C)OC(=O)NOCCOCCOCCOCCON1C(=O)c2ccccc2C1=O. The molecule has 0 saturated heterocycles. The van der Waals surface area contributed by atoms with E-state index in [0.29, 0.717) is 37.6 Å². The van der Waals surface area contributed by atoms with E-state index in [1.807, 2.05) is 0 Å². The second-order valence-corrected chi connectivity index (χ2v) is 7.57. The van der Waals surface area contributed by atoms with Gasteiger partial charge in [0.05, 0.1) is 64.0 Å². The van der Waals surface area contributed by atoms with E-state index in [9.17, 15) is 14.4 Å². The minimum absolute atomic E-state index is 0.0614. The van der Waals surface area contributed by atoms with Crippen LogP contribution in [0.15, 0.2) is 24.3 Å². The molecule has 0 spiro atoms. The lowest BCUT2D eigenvalue weighted by atomic mass is 10.1. The number of fused-ring (bicyclic) bond motifs is 1. The zero-order chi connectivity index (χ0) is 23.4. The number of ether oxygens (including phenoxy) is 4. The highest BCUT2D eigenvalue weighted by Crippen LogP contribution is 2.22. The first-order valence-electron chi connectivity index (χ1n) is 10.2. The Morgan fingerprint density at radius 2 is 1.28 bits per heavy atom. The van der Waals surface area contributed by atoms with Crippen molar-refractivity contribution in [2.45, 2.75) is 26.4 Å². The van der Waals surface area contributed by atoms with E-state index in [2.05, 4.69) is 5.48 Å². The van der Waals surface area contributed by atoms with Crippen molar-refractivity contribution in [2.75, 3.05) is 52.9 Å². The quantitative estimate of drug-likeness (QED) is 0.254. The maximum atomic E-state index is 12.1. The van der Waals surface area contributed by atoms with E-state index in [0.717, 1.165) is 5.06 Å². The number of nitrogens with one attached hydrogen (secondary N) is 1. The summed E-state index contributed by atoms with van der Waals surface area (Å²) in [5.41, 5.74) is 2.24. The maximum Gasteiger partial charge on any atom is 0.431 e. The van der Waals surface area contributed by atoms with Gasteiger partial charge in [0.25, 0.3) is 11.8 Å². The van der Waals surface area contributed by atoms with E-state index in [4.69, 9.17) is 28.6 Å². The summed E-state index contributed by atoms with van der Waals surface area (Å²) in [4.78, 5) is 45.7. The van der Waals surface area contributed by atoms with Gasteiger partial charge in [0.15, 0.2) is 0 Å². The first-order chi connectivity index (χ1) is 15.3. The summed E-state index contributed by atoms with van der Waals surface area (Å²) in [6, 6.07) is 6.56. The van der Waals surface area contributed by atoms with Crippen LogP contribution in [0.4, 0.5) is 4.79 Å². The summed E-state index contributed by atoms with van der Waals surface area (Å²) in [5.74, 6) is -0.945. The standard InChI is InChI=1S/C21H30N2O9/c1-21(2,3)32-20(26)22-30-14-12-28-10-8-27-9-11-29-13-15-31-23-18(24)16-6-4-5-7-17(16)19(23)25/h4-7H,8-15H2,1-3H3,(H,22,26). The Morgan fingerprint density at radius 1 is 0.812 bits per heavy atom. The van der Waals surface area contributed by atoms with Gasteiger partial charge in [0, 0.05) is 0 Å². The predicted octanol–water partition coefficient (Wildman–Crippen LogP) is 1.72. The molecule has 0 aromatic heterocycles. The van der Waals surface area contributed by atoms with Crippen molar-refractivity contribution in [1.29, 1.82) is 0 Å². The Balaban J connectivity index is 1.37. The van der Waals surface area contributed by atoms with E-state index in [-0.39, 0.29) is 26.4 Å². The van der Waals surface area contributed by atoms with E-state index < -0.39 is 23.5 Å². The molecule has 32 heavy (non-hydrogen) atoms. The van der Waals surface area contributed by atoms with Gasteiger partial charge in [-0.15, -0.1) is 5.06 Å². The fourth-order valence-electron chi connectivity index (χ4n) is 2.52. The predicted molar refractivity (Wildman–Crippen MR) is 111 cm³/mol. The van der Waals surface area contributed by atoms with Crippen LogP contribution in [0.2, 0.25) is 0 Å². The molecule has 1 N–H and O–H groups in total. The van der Waals surface area contributed by atoms with Crippen molar-refractivity contribution in [1.82, 2.24) is 10.5 Å². The summed E-state index contributed by atoms with van der Waals surface area (Å²) < 4.78 is 21.0. The van der Waals surface area contributed by atoms with Crippen LogP contribution < -0.4 is 5.48 Å². The molecule has 0 bridgehead atoms. The molecular formula is C21H30N2O9. The lowest BCUT2D eigenvalue weighted by Crippen LogP contribution is -2.33. The van der Waals surface area contributed by atoms with Crippen LogP contribution in [-0.2, 0) is 28.6 Å². The summed E-state index contributed by atoms with van der Waals surface area (Å²) in [5, 5.41) is 0.759. The Hall–Kier alpha value is -2.57. The lowest BCUT2D eigenvalue weighted by molar-refractivity contribution is -0.108. The third-order valence-electron chi connectivity index (χ3n) is 3.83. The molecule has 1 heterocycles. The number of carbonyl (C=O) groups excluding carboxylic acids is 3. The Bertz CT molecular complexity index is 729. The van der Waals surface area contributed by atoms with Crippen LogP contribution in [0.1, 0.15) is 41.5 Å². The van der Waals surface area contributed by atoms with Crippen molar-refractivity contribution in [3.8, 4) is 0 Å². The number of hydroxylamine groups is 3. The molecule has 0 radical (unpaired) electrons. The van der Waals surface area contributed by atoms with Crippen molar-refractivity contribution < 1.29 is 43.0 Å². The second kappa shape index (κ2) is 13.1. The van der Waals surface area contributed by atoms with Gasteiger partial charge >= 0.3 is 6.09 Å². The average molecular weight is 454 g/mol. The minimum atomic E-state index is -0.657. The average Bonchev–Trinajstić information content (AvgIpc) is 2.97. The normalized spacial score (nSPS) is 13.4. The van der Waals surface area contributed by atoms with E-state index in [1.54, 1.807) is 45.0 Å². The number of nitrogens with zero attached hydrogens (tertiary/aromatic N) is 1. The number of benzene rings is 1. The summed E-state index contributed by atoms with van der Waals surface area (Å²) in [6.07, 6.45) is -0.657. The molecule has 0 saturated carbocycles. The number of rotatable bonds is 14. The van der Waals surface area contributed by atoms with Gasteiger partial charge in [0.1, 0.15) is 5.60 Å². The third kappa shape index (κ3) is 8.89. The largest absolute Gasteiger partial charge is 0.442 e. The molecule has 2 rings (SSSR count). The minimum Gasteiger partial charge on any atom is -0.442 e. The molecule has 3 amide bonds. The van der Waals surface area contributed by atoms with Crippen LogP contribution in [-0.4, -0.2) is 81.4 Å². The molecule has 1 aliphatic rings. The number of hydrogen-bond acceptors (Lipinski definition) is 9. The Labute approximate surface area is 186 Å². The molecule has 11 nitrogen and oxygen atoms in total. The Kier molecular flexibility index (Phi) is 10.5. The van der Waals surface area contributed by atoms with Gasteiger partial charge in [-0.2, -0.15) is 5.48 Å². The van der Waals surface area contributed by atoms with Crippen LogP contribution in [0.5, 0.6) is 0 Å². The zero-order valence-electron chi connectivity index (χ0n) is 18.6. The van der Waals surface area contributed by atoms with Gasteiger partial charge in [-0.3, -0.25) is 19.3 Å². The fourth-order valence-corrected chi connectivity index (χ4v) is 2.52. The first kappa shape index (κ1) is 25.7. The van der Waals surface area contributed by atoms with Crippen LogP contribution in [0.3, 0.4) is 0 Å². The zero-order valence-corrected chi connectivity index (χ0v) is 18.6. The van der Waals surface area contributed by atoms with Gasteiger partial charge in [-0.05, 0) is 32.9 Å². The fraction of sp³-hybridized carbons (Fsp3) is 0.571.